The maximum absolute atomic E-state index is 10.7. The lowest BCUT2D eigenvalue weighted by Gasteiger charge is -2.61. The van der Waals surface area contributed by atoms with Gasteiger partial charge >= 0.3 is 0 Å². The molecule has 8 N–H and O–H groups in total. The van der Waals surface area contributed by atoms with Crippen LogP contribution in [0.2, 0.25) is 0 Å². The zero-order valence-electron chi connectivity index (χ0n) is 26.5. The summed E-state index contributed by atoms with van der Waals surface area (Å²) >= 11 is 0. The molecule has 0 spiro atoms. The van der Waals surface area contributed by atoms with Crippen molar-refractivity contribution in [3.63, 3.8) is 0 Å². The Kier molecular flexibility index (Phi) is 11.7. The fourth-order valence-electron chi connectivity index (χ4n) is 7.95. The highest BCUT2D eigenvalue weighted by Crippen LogP contribution is 2.63. The van der Waals surface area contributed by atoms with E-state index in [0.717, 1.165) is 31.3 Å². The molecule has 0 bridgehead atoms. The Bertz CT molecular complexity index is 1020. The standard InChI is InChI=1S/C32H54O12/c1-16(10-12-41-29-27(39)25(37)23(35)19(14-33)42-29)9-11-31(4)18(3)13-22(32(5)17(2)7-6-8-21(31)32)44-30-28(40)26(38)24(36)20(15-34)43-30/h7,10,18-30,33-40H,6,8-9,11-15H2,1-5H3/b16-10+/t18-,19-,20-,21-,22+,23-,24-,25+,26+,27-,28-,29-,30+,31+,32-/m1/s1. The van der Waals surface area contributed by atoms with Crippen molar-refractivity contribution in [2.24, 2.45) is 22.7 Å². The largest absolute Gasteiger partial charge is 0.394 e. The van der Waals surface area contributed by atoms with Crippen molar-refractivity contribution in [2.45, 2.75) is 134 Å². The second-order valence-electron chi connectivity index (χ2n) is 13.8. The van der Waals surface area contributed by atoms with E-state index in [4.69, 9.17) is 18.9 Å². The van der Waals surface area contributed by atoms with Gasteiger partial charge in [0.2, 0.25) is 0 Å². The number of ether oxygens (including phenoxy) is 4. The number of rotatable bonds is 10. The van der Waals surface area contributed by atoms with Gasteiger partial charge < -0.3 is 59.8 Å². The first-order valence-electron chi connectivity index (χ1n) is 15.9. The number of aliphatic hydroxyl groups is 8. The summed E-state index contributed by atoms with van der Waals surface area (Å²) in [5.41, 5.74) is 1.86. The Morgan fingerprint density at radius 2 is 1.48 bits per heavy atom. The van der Waals surface area contributed by atoms with Gasteiger partial charge in [0, 0.05) is 5.41 Å². The van der Waals surface area contributed by atoms with Crippen LogP contribution in [0, 0.1) is 22.7 Å². The first-order chi connectivity index (χ1) is 20.7. The molecule has 2 saturated heterocycles. The molecule has 12 heteroatoms. The van der Waals surface area contributed by atoms with Crippen LogP contribution in [0.3, 0.4) is 0 Å². The second kappa shape index (κ2) is 14.4. The summed E-state index contributed by atoms with van der Waals surface area (Å²) in [6.45, 7) is 10.00. The molecule has 15 atom stereocenters. The summed E-state index contributed by atoms with van der Waals surface area (Å²) in [5.74, 6) is 0.483. The van der Waals surface area contributed by atoms with Crippen molar-refractivity contribution in [3.05, 3.63) is 23.3 Å². The Morgan fingerprint density at radius 1 is 0.909 bits per heavy atom. The van der Waals surface area contributed by atoms with Gasteiger partial charge in [0.05, 0.1) is 25.9 Å². The molecule has 2 aliphatic carbocycles. The molecular weight excluding hydrogens is 576 g/mol. The van der Waals surface area contributed by atoms with Gasteiger partial charge in [-0.3, -0.25) is 0 Å². The highest BCUT2D eigenvalue weighted by atomic mass is 16.7. The van der Waals surface area contributed by atoms with Crippen LogP contribution in [0.5, 0.6) is 0 Å². The minimum atomic E-state index is -1.50. The summed E-state index contributed by atoms with van der Waals surface area (Å²) in [4.78, 5) is 0. The molecule has 0 aromatic heterocycles. The fourth-order valence-corrected chi connectivity index (χ4v) is 7.95. The predicted molar refractivity (Wildman–Crippen MR) is 158 cm³/mol. The number of fused-ring (bicyclic) bond motifs is 1. The highest BCUT2D eigenvalue weighted by molar-refractivity contribution is 5.24. The van der Waals surface area contributed by atoms with E-state index in [1.165, 1.54) is 5.57 Å². The second-order valence-corrected chi connectivity index (χ2v) is 13.8. The molecule has 3 fully saturated rings. The SMILES string of the molecule is CC1=CCC[C@@H]2[C@@](C)(CC/C(C)=C/CO[C@@H]3O[C@H](CO)[C@@H](O)[C@H](O)[C@H]3O)[C@H](C)C[C@H](O[C@@H]3O[C@H](CO)[C@@H](O)[C@H](O)[C@H]3O)[C@]12C. The van der Waals surface area contributed by atoms with Gasteiger partial charge in [-0.15, -0.1) is 0 Å². The van der Waals surface area contributed by atoms with E-state index in [9.17, 15) is 40.9 Å². The third-order valence-corrected chi connectivity index (χ3v) is 11.4. The molecule has 44 heavy (non-hydrogen) atoms. The van der Waals surface area contributed by atoms with Crippen LogP contribution in [0.4, 0.5) is 0 Å². The summed E-state index contributed by atoms with van der Waals surface area (Å²) in [6, 6.07) is 0. The Labute approximate surface area is 259 Å². The number of hydrogen-bond donors (Lipinski definition) is 8. The number of aliphatic hydroxyl groups excluding tert-OH is 8. The molecule has 4 rings (SSSR count). The van der Waals surface area contributed by atoms with Gasteiger partial charge in [-0.25, -0.2) is 0 Å². The lowest BCUT2D eigenvalue weighted by atomic mass is 9.46. The normalized spacial score (nSPS) is 48.5. The molecule has 2 heterocycles. The van der Waals surface area contributed by atoms with E-state index in [2.05, 4.69) is 33.8 Å². The van der Waals surface area contributed by atoms with Crippen LogP contribution < -0.4 is 0 Å². The van der Waals surface area contributed by atoms with Crippen molar-refractivity contribution in [1.29, 1.82) is 0 Å². The molecule has 1 saturated carbocycles. The van der Waals surface area contributed by atoms with E-state index >= 15 is 0 Å². The first-order valence-corrected chi connectivity index (χ1v) is 15.9. The Morgan fingerprint density at radius 3 is 2.07 bits per heavy atom. The lowest BCUT2D eigenvalue weighted by Crippen LogP contribution is -2.62. The van der Waals surface area contributed by atoms with Crippen molar-refractivity contribution in [3.8, 4) is 0 Å². The average Bonchev–Trinajstić information content (AvgIpc) is 3.00. The molecular formula is C32H54O12. The van der Waals surface area contributed by atoms with Crippen molar-refractivity contribution >= 4 is 0 Å². The van der Waals surface area contributed by atoms with Gasteiger partial charge in [0.25, 0.3) is 0 Å². The molecule has 254 valence electrons. The van der Waals surface area contributed by atoms with Gasteiger partial charge in [0.15, 0.2) is 12.6 Å². The number of hydrogen-bond acceptors (Lipinski definition) is 12. The molecule has 0 aromatic carbocycles. The van der Waals surface area contributed by atoms with Crippen LogP contribution in [0.1, 0.15) is 66.7 Å². The Balaban J connectivity index is 1.43. The van der Waals surface area contributed by atoms with E-state index in [0.29, 0.717) is 6.42 Å². The summed E-state index contributed by atoms with van der Waals surface area (Å²) in [5, 5.41) is 80.6. The van der Waals surface area contributed by atoms with Crippen LogP contribution in [0.15, 0.2) is 23.3 Å². The van der Waals surface area contributed by atoms with Gasteiger partial charge in [-0.1, -0.05) is 44.1 Å². The first kappa shape index (κ1) is 35.8. The molecule has 0 unspecified atom stereocenters. The van der Waals surface area contributed by atoms with Crippen LogP contribution in [0.25, 0.3) is 0 Å². The van der Waals surface area contributed by atoms with Crippen molar-refractivity contribution in [1.82, 2.24) is 0 Å². The van der Waals surface area contributed by atoms with E-state index < -0.39 is 74.6 Å². The van der Waals surface area contributed by atoms with E-state index in [-0.39, 0.29) is 35.4 Å². The lowest BCUT2D eigenvalue weighted by molar-refractivity contribution is -0.327. The summed E-state index contributed by atoms with van der Waals surface area (Å²) in [7, 11) is 0. The van der Waals surface area contributed by atoms with Crippen LogP contribution >= 0.6 is 0 Å². The van der Waals surface area contributed by atoms with Crippen LogP contribution in [-0.2, 0) is 18.9 Å². The van der Waals surface area contributed by atoms with Gasteiger partial charge in [0.1, 0.15) is 48.8 Å². The summed E-state index contributed by atoms with van der Waals surface area (Å²) in [6.07, 6.45) is -5.04. The average molecular weight is 631 g/mol. The fraction of sp³-hybridized carbons (Fsp3) is 0.875. The van der Waals surface area contributed by atoms with E-state index in [1.54, 1.807) is 0 Å². The Hall–Kier alpha value is -1.00. The molecule has 4 aliphatic rings. The minimum Gasteiger partial charge on any atom is -0.394 e. The maximum atomic E-state index is 10.7. The monoisotopic (exact) mass is 630 g/mol. The highest BCUT2D eigenvalue weighted by Gasteiger charge is 2.59. The van der Waals surface area contributed by atoms with Crippen molar-refractivity contribution < 1.29 is 59.8 Å². The third kappa shape index (κ3) is 6.69. The predicted octanol–water partition coefficient (Wildman–Crippen LogP) is 0.123. The zero-order valence-corrected chi connectivity index (χ0v) is 26.5. The minimum absolute atomic E-state index is 0.0628. The zero-order chi connectivity index (χ0) is 32.6. The van der Waals surface area contributed by atoms with Crippen LogP contribution in [-0.4, -0.2) is 128 Å². The molecule has 2 aliphatic heterocycles. The summed E-state index contributed by atoms with van der Waals surface area (Å²) < 4.78 is 23.3. The number of allylic oxidation sites excluding steroid dienone is 2. The maximum Gasteiger partial charge on any atom is 0.187 e. The van der Waals surface area contributed by atoms with Gasteiger partial charge in [-0.2, -0.15) is 0 Å². The molecule has 0 amide bonds. The third-order valence-electron chi connectivity index (χ3n) is 11.4. The quantitative estimate of drug-likeness (QED) is 0.152. The van der Waals surface area contributed by atoms with Crippen molar-refractivity contribution in [2.75, 3.05) is 19.8 Å². The smallest absolute Gasteiger partial charge is 0.187 e. The molecule has 0 aromatic rings. The van der Waals surface area contributed by atoms with Gasteiger partial charge in [-0.05, 0) is 63.2 Å². The molecule has 0 radical (unpaired) electrons. The topological polar surface area (TPSA) is 199 Å². The van der Waals surface area contributed by atoms with E-state index in [1.807, 2.05) is 13.0 Å². The molecule has 12 nitrogen and oxygen atoms in total.